The zero-order valence-electron chi connectivity index (χ0n) is 19.5. The van der Waals surface area contributed by atoms with Crippen LogP contribution in [0.3, 0.4) is 0 Å². The Morgan fingerprint density at radius 1 is 0.967 bits per heavy atom. The van der Waals surface area contributed by atoms with E-state index in [4.69, 9.17) is 4.98 Å². The van der Waals surface area contributed by atoms with Crippen molar-refractivity contribution in [2.24, 2.45) is 5.41 Å². The molecule has 5 nitrogen and oxygen atoms in total. The van der Waals surface area contributed by atoms with Gasteiger partial charge >= 0.3 is 0 Å². The molecular weight excluding hydrogens is 372 g/mol. The first-order valence-corrected chi connectivity index (χ1v) is 11.0. The first kappa shape index (κ1) is 22.3. The van der Waals surface area contributed by atoms with Gasteiger partial charge in [-0.05, 0) is 38.2 Å². The van der Waals surface area contributed by atoms with E-state index < -0.39 is 0 Å². The van der Waals surface area contributed by atoms with Crippen molar-refractivity contribution in [1.29, 1.82) is 0 Å². The molecule has 30 heavy (non-hydrogen) atoms. The smallest absolute Gasteiger partial charge is 0.223 e. The van der Waals surface area contributed by atoms with E-state index >= 15 is 0 Å². The third-order valence-electron chi connectivity index (χ3n) is 5.64. The highest BCUT2D eigenvalue weighted by Crippen LogP contribution is 2.26. The predicted octanol–water partition coefficient (Wildman–Crippen LogP) is 4.47. The molecule has 1 amide bonds. The van der Waals surface area contributed by atoms with Gasteiger partial charge in [0.1, 0.15) is 11.6 Å². The normalized spacial score (nSPS) is 15.3. The molecule has 1 saturated heterocycles. The topological polar surface area (TPSA) is 49.3 Å². The second kappa shape index (κ2) is 9.15. The summed E-state index contributed by atoms with van der Waals surface area (Å²) in [4.78, 5) is 26.6. The summed E-state index contributed by atoms with van der Waals surface area (Å²) in [5, 5.41) is 0. The molecule has 5 heteroatoms. The third kappa shape index (κ3) is 5.80. The number of hydrogen-bond acceptors (Lipinski definition) is 4. The minimum atomic E-state index is 0.0190. The molecule has 1 fully saturated rings. The maximum absolute atomic E-state index is 12.7. The van der Waals surface area contributed by atoms with Crippen molar-refractivity contribution < 1.29 is 4.79 Å². The van der Waals surface area contributed by atoms with Crippen LogP contribution in [-0.4, -0.2) is 47.0 Å². The van der Waals surface area contributed by atoms with E-state index in [1.165, 1.54) is 16.7 Å². The lowest BCUT2D eigenvalue weighted by molar-refractivity contribution is -0.132. The van der Waals surface area contributed by atoms with Gasteiger partial charge in [0.15, 0.2) is 0 Å². The fourth-order valence-electron chi connectivity index (χ4n) is 4.04. The van der Waals surface area contributed by atoms with Crippen LogP contribution in [0.2, 0.25) is 0 Å². The molecule has 2 heterocycles. The van der Waals surface area contributed by atoms with Crippen LogP contribution in [0.1, 0.15) is 61.8 Å². The lowest BCUT2D eigenvalue weighted by Gasteiger charge is -2.27. The molecule has 1 aliphatic rings. The van der Waals surface area contributed by atoms with Crippen molar-refractivity contribution in [3.8, 4) is 0 Å². The molecule has 2 aromatic rings. The monoisotopic (exact) mass is 408 g/mol. The highest BCUT2D eigenvalue weighted by Gasteiger charge is 2.25. The first-order valence-electron chi connectivity index (χ1n) is 11.0. The van der Waals surface area contributed by atoms with Gasteiger partial charge in [-0.15, -0.1) is 0 Å². The zero-order chi connectivity index (χ0) is 21.9. The third-order valence-corrected chi connectivity index (χ3v) is 5.64. The van der Waals surface area contributed by atoms with Crippen LogP contribution in [0.25, 0.3) is 0 Å². The molecule has 0 unspecified atom stereocenters. The van der Waals surface area contributed by atoms with Gasteiger partial charge in [-0.25, -0.2) is 9.97 Å². The number of amides is 1. The number of anilines is 1. The van der Waals surface area contributed by atoms with Crippen LogP contribution in [0.15, 0.2) is 24.3 Å². The molecular formula is C25H36N4O. The Hall–Kier alpha value is -2.43. The zero-order valence-corrected chi connectivity index (χ0v) is 19.5. The Balaban J connectivity index is 1.81. The average Bonchev–Trinajstić information content (AvgIpc) is 2.90. The van der Waals surface area contributed by atoms with Crippen LogP contribution in [0, 0.1) is 26.2 Å². The minimum Gasteiger partial charge on any atom is -0.354 e. The van der Waals surface area contributed by atoms with E-state index in [-0.39, 0.29) is 11.3 Å². The van der Waals surface area contributed by atoms with Gasteiger partial charge in [0, 0.05) is 50.3 Å². The Morgan fingerprint density at radius 3 is 2.33 bits per heavy atom. The van der Waals surface area contributed by atoms with Gasteiger partial charge in [-0.1, -0.05) is 50.6 Å². The second-order valence-electron chi connectivity index (χ2n) is 9.78. The van der Waals surface area contributed by atoms with Crippen molar-refractivity contribution >= 4 is 11.7 Å². The molecule has 1 aliphatic heterocycles. The minimum absolute atomic E-state index is 0.0190. The number of benzene rings is 1. The van der Waals surface area contributed by atoms with Crippen LogP contribution in [0.4, 0.5) is 5.82 Å². The van der Waals surface area contributed by atoms with Gasteiger partial charge in [-0.3, -0.25) is 4.79 Å². The van der Waals surface area contributed by atoms with Crippen molar-refractivity contribution in [3.05, 3.63) is 52.5 Å². The summed E-state index contributed by atoms with van der Waals surface area (Å²) in [5.41, 5.74) is 4.80. The lowest BCUT2D eigenvalue weighted by atomic mass is 9.91. The summed E-state index contributed by atoms with van der Waals surface area (Å²) in [6.07, 6.45) is 2.38. The van der Waals surface area contributed by atoms with Gasteiger partial charge in [0.2, 0.25) is 5.91 Å². The number of aryl methyl sites for hydroxylation is 3. The van der Waals surface area contributed by atoms with Gasteiger partial charge in [0.05, 0.1) is 0 Å². The average molecular weight is 409 g/mol. The van der Waals surface area contributed by atoms with Crippen LogP contribution in [-0.2, 0) is 11.2 Å². The summed E-state index contributed by atoms with van der Waals surface area (Å²) in [7, 11) is 0. The fraction of sp³-hybridized carbons (Fsp3) is 0.560. The predicted molar refractivity (Wildman–Crippen MR) is 123 cm³/mol. The second-order valence-corrected chi connectivity index (χ2v) is 9.78. The van der Waals surface area contributed by atoms with Crippen molar-refractivity contribution in [1.82, 2.24) is 14.9 Å². The number of aromatic nitrogens is 2. The molecule has 0 atom stereocenters. The van der Waals surface area contributed by atoms with E-state index in [1.807, 2.05) is 11.8 Å². The number of nitrogens with zero attached hydrogens (tertiary/aromatic N) is 4. The Morgan fingerprint density at radius 2 is 1.67 bits per heavy atom. The Bertz CT molecular complexity index is 883. The van der Waals surface area contributed by atoms with E-state index in [0.717, 1.165) is 56.4 Å². The molecule has 162 valence electrons. The molecule has 1 aromatic heterocycles. The largest absolute Gasteiger partial charge is 0.354 e. The summed E-state index contributed by atoms with van der Waals surface area (Å²) < 4.78 is 0. The highest BCUT2D eigenvalue weighted by molar-refractivity contribution is 5.77. The van der Waals surface area contributed by atoms with Gasteiger partial charge in [-0.2, -0.15) is 0 Å². The quantitative estimate of drug-likeness (QED) is 0.749. The number of hydrogen-bond donors (Lipinski definition) is 0. The summed E-state index contributed by atoms with van der Waals surface area (Å²) in [6.45, 7) is 15.8. The van der Waals surface area contributed by atoms with E-state index in [2.05, 4.69) is 68.8 Å². The molecule has 0 radical (unpaired) electrons. The summed E-state index contributed by atoms with van der Waals surface area (Å²) in [6, 6.07) is 8.69. The Labute approximate surface area is 181 Å². The highest BCUT2D eigenvalue weighted by atomic mass is 16.2. The van der Waals surface area contributed by atoms with Gasteiger partial charge < -0.3 is 9.80 Å². The van der Waals surface area contributed by atoms with Crippen molar-refractivity contribution in [3.63, 3.8) is 0 Å². The maximum Gasteiger partial charge on any atom is 0.223 e. The number of carbonyl (C=O) groups is 1. The van der Waals surface area contributed by atoms with Gasteiger partial charge in [0.25, 0.3) is 0 Å². The first-order chi connectivity index (χ1) is 14.1. The maximum atomic E-state index is 12.7. The van der Waals surface area contributed by atoms with E-state index in [0.29, 0.717) is 6.42 Å². The summed E-state index contributed by atoms with van der Waals surface area (Å²) in [5.74, 6) is 2.10. The van der Waals surface area contributed by atoms with Crippen LogP contribution in [0.5, 0.6) is 0 Å². The van der Waals surface area contributed by atoms with Crippen LogP contribution >= 0.6 is 0 Å². The fourth-order valence-corrected chi connectivity index (χ4v) is 4.04. The molecule has 0 aliphatic carbocycles. The van der Waals surface area contributed by atoms with Crippen molar-refractivity contribution in [2.45, 2.75) is 60.8 Å². The van der Waals surface area contributed by atoms with E-state index in [1.54, 1.807) is 0 Å². The number of rotatable bonds is 4. The Kier molecular flexibility index (Phi) is 6.79. The molecule has 1 aromatic carbocycles. The molecule has 0 saturated carbocycles. The summed E-state index contributed by atoms with van der Waals surface area (Å²) >= 11 is 0. The molecule has 3 rings (SSSR count). The van der Waals surface area contributed by atoms with E-state index in [9.17, 15) is 4.79 Å². The van der Waals surface area contributed by atoms with Crippen LogP contribution < -0.4 is 4.90 Å². The van der Waals surface area contributed by atoms with Crippen molar-refractivity contribution in [2.75, 3.05) is 31.1 Å². The molecule has 0 N–H and O–H groups in total. The SMILES string of the molecule is Cc1ccc(Cc2c(C)nc(C)nc2N2CCCN(C(=O)CC(C)(C)C)CC2)cc1. The number of carbonyl (C=O) groups excluding carboxylic acids is 1. The lowest BCUT2D eigenvalue weighted by Crippen LogP contribution is -2.37. The standard InChI is InChI=1S/C25H36N4O/c1-18-8-10-21(11-9-18)16-22-19(2)26-20(3)27-24(22)29-13-7-12-28(14-15-29)23(30)17-25(4,5)6/h8-11H,7,12-17H2,1-6H3. The molecule has 0 spiro atoms. The molecule has 0 bridgehead atoms.